The van der Waals surface area contributed by atoms with Crippen molar-refractivity contribution in [3.8, 4) is 0 Å². The van der Waals surface area contributed by atoms with Gasteiger partial charge in [-0.15, -0.1) is 0 Å². The molecule has 0 saturated heterocycles. The molecule has 0 aromatic heterocycles. The minimum absolute atomic E-state index is 0.480. The average Bonchev–Trinajstić information content (AvgIpc) is 2.41. The summed E-state index contributed by atoms with van der Waals surface area (Å²) in [6, 6.07) is 9.99. The first kappa shape index (κ1) is 17.0. The fourth-order valence-electron chi connectivity index (χ4n) is 3.56. The second kappa shape index (κ2) is 7.28. The zero-order valence-electron chi connectivity index (χ0n) is 14.0. The van der Waals surface area contributed by atoms with E-state index in [-0.39, 0.29) is 0 Å². The van der Waals surface area contributed by atoms with E-state index in [0.29, 0.717) is 17.5 Å². The van der Waals surface area contributed by atoms with Gasteiger partial charge < -0.3 is 5.32 Å². The Bertz CT molecular complexity index is 424. The summed E-state index contributed by atoms with van der Waals surface area (Å²) in [5.74, 6) is 0.900. The van der Waals surface area contributed by atoms with E-state index in [4.69, 9.17) is 0 Å². The SMILES string of the molecule is CC(Cc1ccc(Br)cc1)NC1CCC(C(C)(C)C)CC1. The van der Waals surface area contributed by atoms with Crippen molar-refractivity contribution in [1.82, 2.24) is 5.32 Å². The standard InChI is InChI=1S/C19H30BrN/c1-14(13-15-5-9-17(20)10-6-15)21-18-11-7-16(8-12-18)19(2,3)4/h5-6,9-10,14,16,18,21H,7-8,11-13H2,1-4H3. The molecule has 0 radical (unpaired) electrons. The highest BCUT2D eigenvalue weighted by atomic mass is 79.9. The maximum Gasteiger partial charge on any atom is 0.0175 e. The fraction of sp³-hybridized carbons (Fsp3) is 0.684. The minimum Gasteiger partial charge on any atom is -0.311 e. The van der Waals surface area contributed by atoms with Crippen molar-refractivity contribution in [2.45, 2.75) is 71.9 Å². The fourth-order valence-corrected chi connectivity index (χ4v) is 3.83. The van der Waals surface area contributed by atoms with E-state index < -0.39 is 0 Å². The maximum absolute atomic E-state index is 3.84. The van der Waals surface area contributed by atoms with Crippen LogP contribution < -0.4 is 5.32 Å². The molecule has 0 heterocycles. The number of rotatable bonds is 4. The lowest BCUT2D eigenvalue weighted by Crippen LogP contribution is -2.41. The van der Waals surface area contributed by atoms with Gasteiger partial charge in [-0.1, -0.05) is 48.8 Å². The number of hydrogen-bond acceptors (Lipinski definition) is 1. The number of benzene rings is 1. The van der Waals surface area contributed by atoms with Crippen LogP contribution in [0.1, 0.15) is 58.9 Å². The predicted octanol–water partition coefficient (Wildman–Crippen LogP) is 5.57. The average molecular weight is 352 g/mol. The van der Waals surface area contributed by atoms with Crippen molar-refractivity contribution in [2.24, 2.45) is 11.3 Å². The van der Waals surface area contributed by atoms with Gasteiger partial charge in [-0.3, -0.25) is 0 Å². The molecule has 1 aliphatic rings. The molecule has 1 unspecified atom stereocenters. The van der Waals surface area contributed by atoms with Crippen LogP contribution in [-0.2, 0) is 6.42 Å². The zero-order valence-corrected chi connectivity index (χ0v) is 15.5. The quantitative estimate of drug-likeness (QED) is 0.746. The van der Waals surface area contributed by atoms with Gasteiger partial charge in [-0.05, 0) is 68.1 Å². The van der Waals surface area contributed by atoms with Crippen LogP contribution in [0.25, 0.3) is 0 Å². The second-order valence-corrected chi connectivity index (χ2v) is 8.73. The molecule has 1 aliphatic carbocycles. The largest absolute Gasteiger partial charge is 0.311 e. The van der Waals surface area contributed by atoms with Crippen molar-refractivity contribution >= 4 is 15.9 Å². The first-order valence-electron chi connectivity index (χ1n) is 8.35. The summed E-state index contributed by atoms with van der Waals surface area (Å²) in [6.07, 6.45) is 6.56. The highest BCUT2D eigenvalue weighted by Gasteiger charge is 2.29. The van der Waals surface area contributed by atoms with Crippen molar-refractivity contribution in [2.75, 3.05) is 0 Å². The topological polar surface area (TPSA) is 12.0 Å². The molecule has 21 heavy (non-hydrogen) atoms. The normalized spacial score (nSPS) is 24.8. The van der Waals surface area contributed by atoms with Crippen molar-refractivity contribution in [1.29, 1.82) is 0 Å². The second-order valence-electron chi connectivity index (χ2n) is 7.81. The van der Waals surface area contributed by atoms with E-state index in [1.807, 2.05) is 0 Å². The lowest BCUT2D eigenvalue weighted by Gasteiger charge is -2.38. The first-order chi connectivity index (χ1) is 9.84. The smallest absolute Gasteiger partial charge is 0.0175 e. The third kappa shape index (κ3) is 5.41. The van der Waals surface area contributed by atoms with Crippen molar-refractivity contribution < 1.29 is 0 Å². The summed E-state index contributed by atoms with van der Waals surface area (Å²) in [4.78, 5) is 0. The molecule has 0 bridgehead atoms. The molecule has 1 aromatic carbocycles. The highest BCUT2D eigenvalue weighted by Crippen LogP contribution is 2.37. The van der Waals surface area contributed by atoms with Gasteiger partial charge in [0.1, 0.15) is 0 Å². The van der Waals surface area contributed by atoms with E-state index in [0.717, 1.165) is 16.8 Å². The zero-order chi connectivity index (χ0) is 15.5. The third-order valence-electron chi connectivity index (χ3n) is 4.93. The molecule has 118 valence electrons. The molecule has 1 aromatic rings. The third-order valence-corrected chi connectivity index (χ3v) is 5.46. The maximum atomic E-state index is 3.84. The van der Waals surface area contributed by atoms with Crippen molar-refractivity contribution in [3.63, 3.8) is 0 Å². The minimum atomic E-state index is 0.480. The van der Waals surface area contributed by atoms with Gasteiger partial charge in [0.15, 0.2) is 0 Å². The van der Waals surface area contributed by atoms with Crippen LogP contribution in [0.3, 0.4) is 0 Å². The first-order valence-corrected chi connectivity index (χ1v) is 9.14. The van der Waals surface area contributed by atoms with Gasteiger partial charge in [0.05, 0.1) is 0 Å². The van der Waals surface area contributed by atoms with E-state index in [1.54, 1.807) is 0 Å². The lowest BCUT2D eigenvalue weighted by molar-refractivity contribution is 0.157. The Morgan fingerprint density at radius 2 is 1.67 bits per heavy atom. The predicted molar refractivity (Wildman–Crippen MR) is 95.6 cm³/mol. The summed E-state index contributed by atoms with van der Waals surface area (Å²) in [5, 5.41) is 3.84. The van der Waals surface area contributed by atoms with Crippen LogP contribution >= 0.6 is 15.9 Å². The summed E-state index contributed by atoms with van der Waals surface area (Å²) in [6.45, 7) is 9.49. The van der Waals surface area contributed by atoms with E-state index in [2.05, 4.69) is 73.2 Å². The van der Waals surface area contributed by atoms with Crippen LogP contribution in [0.5, 0.6) is 0 Å². The molecule has 0 amide bonds. The van der Waals surface area contributed by atoms with Crippen LogP contribution in [0.2, 0.25) is 0 Å². The molecule has 1 atom stereocenters. The summed E-state index contributed by atoms with van der Waals surface area (Å²) in [7, 11) is 0. The van der Waals surface area contributed by atoms with Gasteiger partial charge >= 0.3 is 0 Å². The molecular weight excluding hydrogens is 322 g/mol. The Labute approximate surface area is 139 Å². The molecule has 2 rings (SSSR count). The van der Waals surface area contributed by atoms with Gasteiger partial charge in [-0.2, -0.15) is 0 Å². The van der Waals surface area contributed by atoms with Gasteiger partial charge in [0.25, 0.3) is 0 Å². The van der Waals surface area contributed by atoms with Crippen molar-refractivity contribution in [3.05, 3.63) is 34.3 Å². The van der Waals surface area contributed by atoms with Gasteiger partial charge in [0.2, 0.25) is 0 Å². The Morgan fingerprint density at radius 3 is 2.19 bits per heavy atom. The molecule has 0 aliphatic heterocycles. The summed E-state index contributed by atoms with van der Waals surface area (Å²) in [5.41, 5.74) is 1.90. The van der Waals surface area contributed by atoms with E-state index in [9.17, 15) is 0 Å². The van der Waals surface area contributed by atoms with Gasteiger partial charge in [0, 0.05) is 16.6 Å². The van der Waals surface area contributed by atoms with Crippen LogP contribution in [0.15, 0.2) is 28.7 Å². The molecule has 1 N–H and O–H groups in total. The van der Waals surface area contributed by atoms with Gasteiger partial charge in [-0.25, -0.2) is 0 Å². The highest BCUT2D eigenvalue weighted by molar-refractivity contribution is 9.10. The summed E-state index contributed by atoms with van der Waals surface area (Å²) < 4.78 is 1.16. The van der Waals surface area contributed by atoms with E-state index in [1.165, 1.54) is 31.2 Å². The Balaban J connectivity index is 1.76. The number of hydrogen-bond donors (Lipinski definition) is 1. The molecule has 0 spiro atoms. The molecule has 2 heteroatoms. The van der Waals surface area contributed by atoms with Crippen LogP contribution in [-0.4, -0.2) is 12.1 Å². The molecular formula is C19H30BrN. The molecule has 1 nitrogen and oxygen atoms in total. The number of halogens is 1. The Hall–Kier alpha value is -0.340. The van der Waals surface area contributed by atoms with E-state index >= 15 is 0 Å². The van der Waals surface area contributed by atoms with Crippen LogP contribution in [0, 0.1) is 11.3 Å². The monoisotopic (exact) mass is 351 g/mol. The number of nitrogens with one attached hydrogen (secondary N) is 1. The van der Waals surface area contributed by atoms with Crippen LogP contribution in [0.4, 0.5) is 0 Å². The summed E-state index contributed by atoms with van der Waals surface area (Å²) >= 11 is 3.50. The molecule has 1 fully saturated rings. The Morgan fingerprint density at radius 1 is 1.10 bits per heavy atom. The lowest BCUT2D eigenvalue weighted by atomic mass is 9.71. The Kier molecular flexibility index (Phi) is 5.90. The molecule has 1 saturated carbocycles.